The van der Waals surface area contributed by atoms with Crippen LogP contribution in [0, 0.1) is 18.8 Å². The molecular formula is C21H28N4O3. The van der Waals surface area contributed by atoms with Gasteiger partial charge in [0.15, 0.2) is 0 Å². The van der Waals surface area contributed by atoms with Gasteiger partial charge < -0.3 is 15.1 Å². The number of aryl methyl sites for hydroxylation is 1. The highest BCUT2D eigenvalue weighted by molar-refractivity contribution is 5.94. The second-order valence-electron chi connectivity index (χ2n) is 8.47. The number of piperidine rings is 1. The van der Waals surface area contributed by atoms with Crippen molar-refractivity contribution < 1.29 is 14.4 Å². The number of hydrogen-bond acceptors (Lipinski definition) is 4. The molecule has 7 nitrogen and oxygen atoms in total. The molecule has 0 spiro atoms. The van der Waals surface area contributed by atoms with Gasteiger partial charge in [0.1, 0.15) is 0 Å². The van der Waals surface area contributed by atoms with E-state index in [9.17, 15) is 14.4 Å². The highest BCUT2D eigenvalue weighted by Crippen LogP contribution is 2.26. The zero-order valence-corrected chi connectivity index (χ0v) is 16.4. The van der Waals surface area contributed by atoms with Gasteiger partial charge in [-0.1, -0.05) is 0 Å². The van der Waals surface area contributed by atoms with Crippen LogP contribution in [0.3, 0.4) is 0 Å². The van der Waals surface area contributed by atoms with Crippen molar-refractivity contribution in [2.45, 2.75) is 45.1 Å². The van der Waals surface area contributed by atoms with Crippen molar-refractivity contribution in [1.29, 1.82) is 0 Å². The molecular weight excluding hydrogens is 356 g/mol. The van der Waals surface area contributed by atoms with Gasteiger partial charge in [-0.05, 0) is 50.2 Å². The predicted octanol–water partition coefficient (Wildman–Crippen LogP) is 1.37. The van der Waals surface area contributed by atoms with Crippen LogP contribution in [0.15, 0.2) is 18.5 Å². The van der Waals surface area contributed by atoms with E-state index >= 15 is 0 Å². The van der Waals surface area contributed by atoms with Crippen molar-refractivity contribution in [2.24, 2.45) is 11.8 Å². The summed E-state index contributed by atoms with van der Waals surface area (Å²) in [5, 5.41) is 3.01. The number of nitrogens with one attached hydrogen (secondary N) is 1. The fourth-order valence-electron chi connectivity index (χ4n) is 4.16. The van der Waals surface area contributed by atoms with Crippen LogP contribution in [0.2, 0.25) is 0 Å². The van der Waals surface area contributed by atoms with Crippen molar-refractivity contribution in [2.75, 3.05) is 26.2 Å². The first-order valence-electron chi connectivity index (χ1n) is 10.3. The molecule has 3 amide bonds. The van der Waals surface area contributed by atoms with Crippen LogP contribution in [0.4, 0.5) is 0 Å². The average molecular weight is 384 g/mol. The monoisotopic (exact) mass is 384 g/mol. The molecule has 2 aliphatic heterocycles. The molecule has 3 heterocycles. The maximum atomic E-state index is 12.6. The summed E-state index contributed by atoms with van der Waals surface area (Å²) < 4.78 is 0. The first-order valence-corrected chi connectivity index (χ1v) is 10.3. The summed E-state index contributed by atoms with van der Waals surface area (Å²) in [7, 11) is 0. The molecule has 1 saturated carbocycles. The highest BCUT2D eigenvalue weighted by Gasteiger charge is 2.37. The summed E-state index contributed by atoms with van der Waals surface area (Å²) in [5.74, 6) is 0.326. The third-order valence-corrected chi connectivity index (χ3v) is 6.01. The Morgan fingerprint density at radius 1 is 1.18 bits per heavy atom. The van der Waals surface area contributed by atoms with Crippen LogP contribution in [-0.4, -0.2) is 64.7 Å². The Labute approximate surface area is 165 Å². The van der Waals surface area contributed by atoms with Crippen LogP contribution in [0.25, 0.3) is 0 Å². The number of amides is 3. The lowest BCUT2D eigenvalue weighted by Gasteiger charge is -2.34. The lowest BCUT2D eigenvalue weighted by Crippen LogP contribution is -2.42. The van der Waals surface area contributed by atoms with Crippen LogP contribution >= 0.6 is 0 Å². The van der Waals surface area contributed by atoms with Gasteiger partial charge in [0.25, 0.3) is 5.91 Å². The standard InChI is InChI=1S/C21H28N4O3/c1-14-8-16(11-22-10-14)21(28)24-6-4-15(5-7-24)12-25-13-17(9-19(25)26)20(27)23-18-2-3-18/h8,10-11,15,17-18H,2-7,9,12-13H2,1H3,(H,23,27). The molecule has 1 atom stereocenters. The van der Waals surface area contributed by atoms with Gasteiger partial charge in [0.05, 0.1) is 11.5 Å². The third kappa shape index (κ3) is 4.34. The molecule has 1 aliphatic carbocycles. The first-order chi connectivity index (χ1) is 13.5. The van der Waals surface area contributed by atoms with Gasteiger partial charge in [-0.15, -0.1) is 0 Å². The Morgan fingerprint density at radius 2 is 1.93 bits per heavy atom. The molecule has 7 heteroatoms. The van der Waals surface area contributed by atoms with Gasteiger partial charge >= 0.3 is 0 Å². The molecule has 1 aromatic heterocycles. The molecule has 1 aromatic rings. The van der Waals surface area contributed by atoms with Crippen LogP contribution < -0.4 is 5.32 Å². The van der Waals surface area contributed by atoms with Crippen LogP contribution in [-0.2, 0) is 9.59 Å². The normalized spacial score (nSPS) is 23.2. The average Bonchev–Trinajstić information content (AvgIpc) is 3.43. The molecule has 3 fully saturated rings. The van der Waals surface area contributed by atoms with Crippen molar-refractivity contribution in [3.05, 3.63) is 29.6 Å². The van der Waals surface area contributed by atoms with E-state index in [-0.39, 0.29) is 23.6 Å². The summed E-state index contributed by atoms with van der Waals surface area (Å²) in [5.41, 5.74) is 1.62. The van der Waals surface area contributed by atoms with Crippen molar-refractivity contribution >= 4 is 17.7 Å². The van der Waals surface area contributed by atoms with Gasteiger partial charge in [-0.2, -0.15) is 0 Å². The van der Waals surface area contributed by atoms with E-state index in [1.54, 1.807) is 12.4 Å². The number of pyridine rings is 1. The maximum absolute atomic E-state index is 12.6. The van der Waals surface area contributed by atoms with Crippen molar-refractivity contribution in [3.8, 4) is 0 Å². The van der Waals surface area contributed by atoms with Gasteiger partial charge in [-0.3, -0.25) is 19.4 Å². The first kappa shape index (κ1) is 18.9. The van der Waals surface area contributed by atoms with Gasteiger partial charge in [-0.25, -0.2) is 0 Å². The van der Waals surface area contributed by atoms with E-state index < -0.39 is 0 Å². The molecule has 150 valence electrons. The number of carbonyl (C=O) groups excluding carboxylic acids is 3. The minimum absolute atomic E-state index is 0.0312. The predicted molar refractivity (Wildman–Crippen MR) is 103 cm³/mol. The largest absolute Gasteiger partial charge is 0.353 e. The molecule has 28 heavy (non-hydrogen) atoms. The van der Waals surface area contributed by atoms with Crippen molar-refractivity contribution in [1.82, 2.24) is 20.1 Å². The topological polar surface area (TPSA) is 82.6 Å². The summed E-state index contributed by atoms with van der Waals surface area (Å²) >= 11 is 0. The Morgan fingerprint density at radius 3 is 2.61 bits per heavy atom. The van der Waals surface area contributed by atoms with Crippen LogP contribution in [0.1, 0.15) is 48.0 Å². The number of aromatic nitrogens is 1. The highest BCUT2D eigenvalue weighted by atomic mass is 16.2. The lowest BCUT2D eigenvalue weighted by molar-refractivity contribution is -0.129. The number of likely N-dealkylation sites (tertiary alicyclic amines) is 2. The molecule has 3 aliphatic rings. The lowest BCUT2D eigenvalue weighted by atomic mass is 9.95. The fourth-order valence-corrected chi connectivity index (χ4v) is 4.16. The second-order valence-corrected chi connectivity index (χ2v) is 8.47. The van der Waals surface area contributed by atoms with E-state index in [0.717, 1.165) is 31.2 Å². The molecule has 1 unspecified atom stereocenters. The molecule has 1 N–H and O–H groups in total. The molecule has 0 radical (unpaired) electrons. The zero-order valence-electron chi connectivity index (χ0n) is 16.4. The zero-order chi connectivity index (χ0) is 19.7. The number of carbonyl (C=O) groups is 3. The van der Waals surface area contributed by atoms with E-state index in [1.807, 2.05) is 22.8 Å². The Bertz CT molecular complexity index is 769. The Balaban J connectivity index is 1.25. The number of hydrogen-bond donors (Lipinski definition) is 1. The maximum Gasteiger partial charge on any atom is 0.255 e. The quantitative estimate of drug-likeness (QED) is 0.831. The molecule has 0 aromatic carbocycles. The summed E-state index contributed by atoms with van der Waals surface area (Å²) in [6.07, 6.45) is 7.58. The van der Waals surface area contributed by atoms with Gasteiger partial charge in [0, 0.05) is 51.0 Å². The minimum Gasteiger partial charge on any atom is -0.353 e. The summed E-state index contributed by atoms with van der Waals surface area (Å²) in [6.45, 7) is 4.56. The Kier molecular flexibility index (Phi) is 5.33. The van der Waals surface area contributed by atoms with E-state index in [0.29, 0.717) is 50.1 Å². The van der Waals surface area contributed by atoms with E-state index in [2.05, 4.69) is 10.3 Å². The SMILES string of the molecule is Cc1cncc(C(=O)N2CCC(CN3CC(C(=O)NC4CC4)CC3=O)CC2)c1. The number of rotatable bonds is 5. The molecule has 2 saturated heterocycles. The summed E-state index contributed by atoms with van der Waals surface area (Å²) in [4.78, 5) is 45.0. The van der Waals surface area contributed by atoms with Crippen molar-refractivity contribution in [3.63, 3.8) is 0 Å². The smallest absolute Gasteiger partial charge is 0.255 e. The summed E-state index contributed by atoms with van der Waals surface area (Å²) in [6, 6.07) is 2.21. The molecule has 0 bridgehead atoms. The van der Waals surface area contributed by atoms with Crippen LogP contribution in [0.5, 0.6) is 0 Å². The fraction of sp³-hybridized carbons (Fsp3) is 0.619. The molecule has 4 rings (SSSR count). The third-order valence-electron chi connectivity index (χ3n) is 6.01. The van der Waals surface area contributed by atoms with Gasteiger partial charge in [0.2, 0.25) is 11.8 Å². The van der Waals surface area contributed by atoms with E-state index in [1.165, 1.54) is 0 Å². The second kappa shape index (κ2) is 7.89. The minimum atomic E-state index is -0.205. The van der Waals surface area contributed by atoms with E-state index in [4.69, 9.17) is 0 Å². The Hall–Kier alpha value is -2.44. The number of nitrogens with zero attached hydrogens (tertiary/aromatic N) is 3.